The van der Waals surface area contributed by atoms with E-state index in [1.807, 2.05) is 18.2 Å². The van der Waals surface area contributed by atoms with Crippen LogP contribution in [0.1, 0.15) is 5.69 Å². The summed E-state index contributed by atoms with van der Waals surface area (Å²) in [7, 11) is -0.636. The molecule has 1 saturated heterocycles. The minimum absolute atomic E-state index is 0.466. The fraction of sp³-hybridized carbons (Fsp3) is 0.500. The van der Waals surface area contributed by atoms with Gasteiger partial charge in [0.05, 0.1) is 5.69 Å². The lowest BCUT2D eigenvalue weighted by Crippen LogP contribution is -2.38. The summed E-state index contributed by atoms with van der Waals surface area (Å²) < 4.78 is 11.2. The van der Waals surface area contributed by atoms with Crippen LogP contribution in [0.15, 0.2) is 18.2 Å². The Morgan fingerprint density at radius 1 is 1.40 bits per heavy atom. The fourth-order valence-corrected chi connectivity index (χ4v) is 2.68. The molecule has 0 spiro atoms. The largest absolute Gasteiger partial charge is 0.355 e. The van der Waals surface area contributed by atoms with Crippen LogP contribution in [0.4, 0.5) is 5.82 Å². The highest BCUT2D eigenvalue weighted by atomic mass is 32.2. The van der Waals surface area contributed by atoms with Crippen LogP contribution < -0.4 is 10.6 Å². The molecule has 1 aliphatic heterocycles. The lowest BCUT2D eigenvalue weighted by atomic mass is 10.3. The van der Waals surface area contributed by atoms with Crippen molar-refractivity contribution >= 4 is 16.6 Å². The van der Waals surface area contributed by atoms with E-state index in [1.54, 1.807) is 0 Å². The van der Waals surface area contributed by atoms with Crippen molar-refractivity contribution in [2.24, 2.45) is 5.73 Å². The summed E-state index contributed by atoms with van der Waals surface area (Å²) in [5.74, 6) is 2.44. The van der Waals surface area contributed by atoms with Gasteiger partial charge in [-0.2, -0.15) is 0 Å². The lowest BCUT2D eigenvalue weighted by molar-refractivity contribution is 0.672. The van der Waals surface area contributed by atoms with E-state index in [9.17, 15) is 4.21 Å². The summed E-state index contributed by atoms with van der Waals surface area (Å²) in [5, 5.41) is 0. The first kappa shape index (κ1) is 10.6. The maximum Gasteiger partial charge on any atom is 0.128 e. The molecule has 0 saturated carbocycles. The van der Waals surface area contributed by atoms with Gasteiger partial charge in [-0.15, -0.1) is 0 Å². The molecule has 2 heterocycles. The molecule has 1 aromatic rings. The van der Waals surface area contributed by atoms with Crippen LogP contribution in [0.2, 0.25) is 0 Å². The summed E-state index contributed by atoms with van der Waals surface area (Å²) >= 11 is 0. The number of rotatable bonds is 2. The standard InChI is InChI=1S/C10H15N3OS/c11-8-9-2-1-3-10(12-9)13-4-6-15(14)7-5-13/h1-3H,4-8,11H2. The second-order valence-corrected chi connectivity index (χ2v) is 5.22. The van der Waals surface area contributed by atoms with Crippen molar-refractivity contribution in [2.45, 2.75) is 6.54 Å². The molecule has 0 aliphatic carbocycles. The van der Waals surface area contributed by atoms with Crippen molar-refractivity contribution < 1.29 is 4.21 Å². The topological polar surface area (TPSA) is 59.2 Å². The Kier molecular flexibility index (Phi) is 3.33. The lowest BCUT2D eigenvalue weighted by Gasteiger charge is -2.27. The number of anilines is 1. The Labute approximate surface area is 91.9 Å². The van der Waals surface area contributed by atoms with Gasteiger partial charge in [0.2, 0.25) is 0 Å². The van der Waals surface area contributed by atoms with E-state index in [-0.39, 0.29) is 0 Å². The Bertz CT molecular complexity index is 359. The predicted octanol–water partition coefficient (Wildman–Crippen LogP) is 0.109. The molecule has 1 fully saturated rings. The number of nitrogens with zero attached hydrogens (tertiary/aromatic N) is 2. The average Bonchev–Trinajstić information content (AvgIpc) is 2.30. The molecular weight excluding hydrogens is 210 g/mol. The van der Waals surface area contributed by atoms with Crippen LogP contribution in [-0.2, 0) is 17.3 Å². The van der Waals surface area contributed by atoms with Gasteiger partial charge in [0.1, 0.15) is 5.82 Å². The molecule has 0 aromatic carbocycles. The molecule has 0 bridgehead atoms. The first-order valence-electron chi connectivity index (χ1n) is 5.05. The van der Waals surface area contributed by atoms with Crippen molar-refractivity contribution in [3.05, 3.63) is 23.9 Å². The van der Waals surface area contributed by atoms with Crippen LogP contribution >= 0.6 is 0 Å². The first-order valence-corrected chi connectivity index (χ1v) is 6.54. The van der Waals surface area contributed by atoms with Crippen LogP contribution in [0.5, 0.6) is 0 Å². The Morgan fingerprint density at radius 3 is 2.80 bits per heavy atom. The maximum absolute atomic E-state index is 11.2. The van der Waals surface area contributed by atoms with Gasteiger partial charge in [-0.3, -0.25) is 4.21 Å². The number of hydrogen-bond acceptors (Lipinski definition) is 4. The molecule has 1 aromatic heterocycles. The van der Waals surface area contributed by atoms with Crippen molar-refractivity contribution in [3.8, 4) is 0 Å². The molecule has 0 radical (unpaired) electrons. The molecule has 4 nitrogen and oxygen atoms in total. The van der Waals surface area contributed by atoms with Gasteiger partial charge in [-0.1, -0.05) is 6.07 Å². The molecule has 0 atom stereocenters. The summed E-state index contributed by atoms with van der Waals surface area (Å²) in [6.45, 7) is 2.12. The second kappa shape index (κ2) is 4.72. The van der Waals surface area contributed by atoms with Crippen molar-refractivity contribution in [1.82, 2.24) is 4.98 Å². The van der Waals surface area contributed by atoms with Gasteiger partial charge >= 0.3 is 0 Å². The molecule has 5 heteroatoms. The first-order chi connectivity index (χ1) is 7.29. The zero-order chi connectivity index (χ0) is 10.7. The summed E-state index contributed by atoms with van der Waals surface area (Å²) in [6.07, 6.45) is 0. The molecule has 1 aliphatic rings. The molecule has 15 heavy (non-hydrogen) atoms. The zero-order valence-electron chi connectivity index (χ0n) is 8.56. The monoisotopic (exact) mass is 225 g/mol. The summed E-state index contributed by atoms with van der Waals surface area (Å²) in [6, 6.07) is 5.87. The molecular formula is C10H15N3OS. The van der Waals surface area contributed by atoms with E-state index in [0.717, 1.165) is 36.1 Å². The van der Waals surface area contributed by atoms with E-state index in [4.69, 9.17) is 5.73 Å². The van der Waals surface area contributed by atoms with Gasteiger partial charge in [-0.05, 0) is 12.1 Å². The molecule has 0 amide bonds. The third-order valence-corrected chi connectivity index (χ3v) is 3.78. The Morgan fingerprint density at radius 2 is 2.13 bits per heavy atom. The number of hydrogen-bond donors (Lipinski definition) is 1. The van der Waals surface area contributed by atoms with Gasteiger partial charge in [-0.25, -0.2) is 4.98 Å². The minimum atomic E-state index is -0.636. The molecule has 82 valence electrons. The van der Waals surface area contributed by atoms with Gasteiger partial charge in [0, 0.05) is 41.9 Å². The second-order valence-electron chi connectivity index (χ2n) is 3.53. The van der Waals surface area contributed by atoms with E-state index >= 15 is 0 Å². The van der Waals surface area contributed by atoms with E-state index in [0.29, 0.717) is 6.54 Å². The third-order valence-electron chi connectivity index (χ3n) is 2.50. The normalized spacial score (nSPS) is 18.1. The number of pyridine rings is 1. The predicted molar refractivity (Wildman–Crippen MR) is 62.2 cm³/mol. The van der Waals surface area contributed by atoms with Crippen LogP contribution in [0.25, 0.3) is 0 Å². The van der Waals surface area contributed by atoms with Crippen molar-refractivity contribution in [2.75, 3.05) is 29.5 Å². The van der Waals surface area contributed by atoms with Gasteiger partial charge in [0.25, 0.3) is 0 Å². The van der Waals surface area contributed by atoms with Crippen molar-refractivity contribution in [3.63, 3.8) is 0 Å². The van der Waals surface area contributed by atoms with Crippen molar-refractivity contribution in [1.29, 1.82) is 0 Å². The minimum Gasteiger partial charge on any atom is -0.355 e. The highest BCUT2D eigenvalue weighted by Crippen LogP contribution is 2.13. The fourth-order valence-electron chi connectivity index (χ4n) is 1.62. The van der Waals surface area contributed by atoms with E-state index in [1.165, 1.54) is 0 Å². The molecule has 2 N–H and O–H groups in total. The highest BCUT2D eigenvalue weighted by molar-refractivity contribution is 7.85. The van der Waals surface area contributed by atoms with Crippen LogP contribution in [0.3, 0.4) is 0 Å². The average molecular weight is 225 g/mol. The highest BCUT2D eigenvalue weighted by Gasteiger charge is 2.16. The number of nitrogens with two attached hydrogens (primary N) is 1. The number of aromatic nitrogens is 1. The zero-order valence-corrected chi connectivity index (χ0v) is 9.37. The van der Waals surface area contributed by atoms with Gasteiger partial charge in [0.15, 0.2) is 0 Å². The molecule has 2 rings (SSSR count). The van der Waals surface area contributed by atoms with Crippen LogP contribution in [-0.4, -0.2) is 33.8 Å². The SMILES string of the molecule is NCc1cccc(N2CCS(=O)CC2)n1. The smallest absolute Gasteiger partial charge is 0.128 e. The summed E-state index contributed by atoms with van der Waals surface area (Å²) in [5.41, 5.74) is 6.44. The molecule has 0 unspecified atom stereocenters. The van der Waals surface area contributed by atoms with E-state index in [2.05, 4.69) is 9.88 Å². The third kappa shape index (κ3) is 2.54. The Balaban J connectivity index is 2.11. The van der Waals surface area contributed by atoms with E-state index < -0.39 is 10.8 Å². The van der Waals surface area contributed by atoms with Gasteiger partial charge < -0.3 is 10.6 Å². The quantitative estimate of drug-likeness (QED) is 0.776. The summed E-state index contributed by atoms with van der Waals surface area (Å²) in [4.78, 5) is 6.61. The Hall–Kier alpha value is -0.940. The maximum atomic E-state index is 11.2. The van der Waals surface area contributed by atoms with Crippen LogP contribution in [0, 0.1) is 0 Å².